The lowest BCUT2D eigenvalue weighted by Crippen LogP contribution is -2.59. The van der Waals surface area contributed by atoms with Gasteiger partial charge in [-0.05, 0) is 0 Å². The molecule has 0 aliphatic carbocycles. The molecule has 1 fully saturated rings. The summed E-state index contributed by atoms with van der Waals surface area (Å²) >= 11 is 0. The molecule has 17 heavy (non-hydrogen) atoms. The minimum atomic E-state index is -4.87. The van der Waals surface area contributed by atoms with Gasteiger partial charge in [-0.15, -0.1) is 0 Å². The molecule has 0 bridgehead atoms. The van der Waals surface area contributed by atoms with E-state index < -0.39 is 45.1 Å². The van der Waals surface area contributed by atoms with E-state index in [1.165, 1.54) is 7.11 Å². The van der Waals surface area contributed by atoms with Crippen LogP contribution in [0.15, 0.2) is 0 Å². The number of hydrogen-bond donors (Lipinski definition) is 5. The molecule has 10 heteroatoms. The SMILES string of the molecule is COC1O[C@H](CO)[C@@H](O)[C@H](O)[C@H]1OP(=O)(O)O. The van der Waals surface area contributed by atoms with Crippen LogP contribution in [0.1, 0.15) is 0 Å². The first-order chi connectivity index (χ1) is 7.80. The van der Waals surface area contributed by atoms with Crippen LogP contribution in [-0.2, 0) is 18.6 Å². The van der Waals surface area contributed by atoms with E-state index in [4.69, 9.17) is 24.4 Å². The van der Waals surface area contributed by atoms with Crippen molar-refractivity contribution in [3.05, 3.63) is 0 Å². The third kappa shape index (κ3) is 3.68. The largest absolute Gasteiger partial charge is 0.470 e. The molecule has 102 valence electrons. The molecule has 0 amide bonds. The van der Waals surface area contributed by atoms with Crippen molar-refractivity contribution in [2.45, 2.75) is 30.7 Å². The Kier molecular flexibility index (Phi) is 5.02. The van der Waals surface area contributed by atoms with Crippen LogP contribution in [0, 0.1) is 0 Å². The Morgan fingerprint density at radius 1 is 1.29 bits per heavy atom. The van der Waals surface area contributed by atoms with Crippen LogP contribution in [-0.4, -0.2) is 69.5 Å². The summed E-state index contributed by atoms with van der Waals surface area (Å²) in [7, 11) is -3.70. The standard InChI is InChI=1S/C7H15O9P/c1-14-7-6(16-17(11,12)13)5(10)4(9)3(2-8)15-7/h3-10H,2H2,1H3,(H2,11,12,13)/t3-,4-,5+,6-,7?/m1/s1. The van der Waals surface area contributed by atoms with Gasteiger partial charge in [-0.1, -0.05) is 0 Å². The summed E-state index contributed by atoms with van der Waals surface area (Å²) in [6, 6.07) is 0. The second-order valence-corrected chi connectivity index (χ2v) is 4.69. The Hall–Kier alpha value is -0.0900. The average Bonchev–Trinajstić information content (AvgIpc) is 2.24. The lowest BCUT2D eigenvalue weighted by Gasteiger charge is -2.40. The van der Waals surface area contributed by atoms with Crippen LogP contribution in [0.25, 0.3) is 0 Å². The molecule has 1 aliphatic heterocycles. The van der Waals surface area contributed by atoms with E-state index in [0.29, 0.717) is 0 Å². The van der Waals surface area contributed by atoms with E-state index in [0.717, 1.165) is 0 Å². The van der Waals surface area contributed by atoms with Crippen molar-refractivity contribution in [2.24, 2.45) is 0 Å². The van der Waals surface area contributed by atoms with E-state index in [1.807, 2.05) is 0 Å². The summed E-state index contributed by atoms with van der Waals surface area (Å²) in [6.07, 6.45) is -7.18. The molecule has 5 N–H and O–H groups in total. The van der Waals surface area contributed by atoms with Crippen molar-refractivity contribution in [3.8, 4) is 0 Å². The normalized spacial score (nSPS) is 39.3. The van der Waals surface area contributed by atoms with Crippen molar-refractivity contribution in [1.82, 2.24) is 0 Å². The van der Waals surface area contributed by atoms with Gasteiger partial charge in [0, 0.05) is 7.11 Å². The van der Waals surface area contributed by atoms with Crippen LogP contribution in [0.2, 0.25) is 0 Å². The summed E-state index contributed by atoms with van der Waals surface area (Å²) in [5.41, 5.74) is 0. The van der Waals surface area contributed by atoms with Crippen LogP contribution < -0.4 is 0 Å². The van der Waals surface area contributed by atoms with Crippen molar-refractivity contribution in [2.75, 3.05) is 13.7 Å². The van der Waals surface area contributed by atoms with Crippen LogP contribution >= 0.6 is 7.82 Å². The fourth-order valence-corrected chi connectivity index (χ4v) is 2.06. The molecule has 1 unspecified atom stereocenters. The van der Waals surface area contributed by atoms with Gasteiger partial charge in [0.05, 0.1) is 6.61 Å². The second-order valence-electron chi connectivity index (χ2n) is 3.50. The number of ether oxygens (including phenoxy) is 2. The Morgan fingerprint density at radius 2 is 1.88 bits per heavy atom. The predicted molar refractivity (Wildman–Crippen MR) is 51.7 cm³/mol. The Morgan fingerprint density at radius 3 is 2.29 bits per heavy atom. The highest BCUT2D eigenvalue weighted by molar-refractivity contribution is 7.46. The van der Waals surface area contributed by atoms with Crippen molar-refractivity contribution < 1.29 is 43.7 Å². The molecule has 1 rings (SSSR count). The predicted octanol–water partition coefficient (Wildman–Crippen LogP) is -2.45. The molecule has 1 saturated heterocycles. The van der Waals surface area contributed by atoms with Crippen LogP contribution in [0.4, 0.5) is 0 Å². The number of methoxy groups -OCH3 is 1. The van der Waals surface area contributed by atoms with E-state index in [1.54, 1.807) is 0 Å². The van der Waals surface area contributed by atoms with Gasteiger partial charge in [0.2, 0.25) is 0 Å². The molecule has 1 heterocycles. The van der Waals surface area contributed by atoms with Crippen molar-refractivity contribution in [3.63, 3.8) is 0 Å². The summed E-state index contributed by atoms with van der Waals surface area (Å²) in [6.45, 7) is -0.583. The maximum absolute atomic E-state index is 10.7. The minimum absolute atomic E-state index is 0.583. The molecule has 0 aromatic rings. The highest BCUT2D eigenvalue weighted by Crippen LogP contribution is 2.41. The van der Waals surface area contributed by atoms with Crippen LogP contribution in [0.3, 0.4) is 0 Å². The fraction of sp³-hybridized carbons (Fsp3) is 1.00. The number of aliphatic hydroxyl groups is 3. The van der Waals surface area contributed by atoms with Gasteiger partial charge in [0.1, 0.15) is 24.4 Å². The lowest BCUT2D eigenvalue weighted by atomic mass is 9.99. The number of hydrogen-bond acceptors (Lipinski definition) is 7. The molecule has 9 nitrogen and oxygen atoms in total. The van der Waals surface area contributed by atoms with E-state index >= 15 is 0 Å². The van der Waals surface area contributed by atoms with E-state index in [-0.39, 0.29) is 0 Å². The van der Waals surface area contributed by atoms with Gasteiger partial charge in [-0.25, -0.2) is 4.57 Å². The Bertz CT molecular complexity index is 289. The smallest absolute Gasteiger partial charge is 0.394 e. The van der Waals surface area contributed by atoms with Gasteiger partial charge >= 0.3 is 7.82 Å². The lowest BCUT2D eigenvalue weighted by molar-refractivity contribution is -0.290. The third-order valence-electron chi connectivity index (χ3n) is 2.32. The highest BCUT2D eigenvalue weighted by Gasteiger charge is 2.47. The van der Waals surface area contributed by atoms with Crippen molar-refractivity contribution in [1.29, 1.82) is 0 Å². The zero-order chi connectivity index (χ0) is 13.2. The zero-order valence-electron chi connectivity index (χ0n) is 8.91. The molecule has 1 aliphatic rings. The van der Waals surface area contributed by atoms with Gasteiger partial charge in [-0.3, -0.25) is 4.52 Å². The highest BCUT2D eigenvalue weighted by atomic mass is 31.2. The first-order valence-electron chi connectivity index (χ1n) is 4.69. The van der Waals surface area contributed by atoms with Gasteiger partial charge in [-0.2, -0.15) is 0 Å². The molecule has 0 radical (unpaired) electrons. The fourth-order valence-electron chi connectivity index (χ4n) is 1.52. The summed E-state index contributed by atoms with van der Waals surface area (Å²) in [5.74, 6) is 0. The maximum Gasteiger partial charge on any atom is 0.470 e. The van der Waals surface area contributed by atoms with E-state index in [2.05, 4.69) is 4.52 Å². The second kappa shape index (κ2) is 5.70. The Balaban J connectivity index is 2.83. The summed E-state index contributed by atoms with van der Waals surface area (Å²) in [4.78, 5) is 17.3. The number of rotatable bonds is 4. The van der Waals surface area contributed by atoms with Gasteiger partial charge in [0.15, 0.2) is 6.29 Å². The third-order valence-corrected chi connectivity index (χ3v) is 2.83. The quantitative estimate of drug-likeness (QED) is 0.352. The molecule has 0 spiro atoms. The first kappa shape index (κ1) is 15.0. The molecular weight excluding hydrogens is 259 g/mol. The van der Waals surface area contributed by atoms with Crippen LogP contribution in [0.5, 0.6) is 0 Å². The number of phosphoric acid groups is 1. The van der Waals surface area contributed by atoms with Gasteiger partial charge < -0.3 is 34.6 Å². The van der Waals surface area contributed by atoms with Gasteiger partial charge in [0.25, 0.3) is 0 Å². The zero-order valence-corrected chi connectivity index (χ0v) is 9.80. The maximum atomic E-state index is 10.7. The topological polar surface area (TPSA) is 146 Å². The first-order valence-corrected chi connectivity index (χ1v) is 6.22. The van der Waals surface area contributed by atoms with Crippen molar-refractivity contribution >= 4 is 7.82 Å². The molecule has 0 aromatic heterocycles. The summed E-state index contributed by atoms with van der Waals surface area (Å²) in [5, 5.41) is 28.0. The number of aliphatic hydroxyl groups excluding tert-OH is 3. The molecule has 0 saturated carbocycles. The average molecular weight is 274 g/mol. The molecule has 5 atom stereocenters. The molecule has 0 aromatic carbocycles. The number of phosphoric ester groups is 1. The molecular formula is C7H15O9P. The summed E-state index contributed by atoms with van der Waals surface area (Å²) < 4.78 is 24.7. The minimum Gasteiger partial charge on any atom is -0.394 e. The Labute approximate surface area is 96.8 Å². The van der Waals surface area contributed by atoms with E-state index in [9.17, 15) is 14.8 Å². The monoisotopic (exact) mass is 274 g/mol.